The van der Waals surface area contributed by atoms with Gasteiger partial charge in [0.05, 0.1) is 26.4 Å². The van der Waals surface area contributed by atoms with Crippen molar-refractivity contribution in [2.45, 2.75) is 418 Å². The van der Waals surface area contributed by atoms with Gasteiger partial charge in [-0.3, -0.25) is 37.3 Å². The third-order valence-electron chi connectivity index (χ3n) is 17.9. The first-order chi connectivity index (χ1) is 47.7. The number of carbonyl (C=O) groups excluding carboxylic acids is 4. The van der Waals surface area contributed by atoms with E-state index in [0.717, 1.165) is 122 Å². The maximum atomic E-state index is 13.1. The molecule has 0 aromatic carbocycles. The van der Waals surface area contributed by atoms with Gasteiger partial charge in [0.2, 0.25) is 0 Å². The lowest BCUT2D eigenvalue weighted by Crippen LogP contribution is -2.30. The number of aliphatic hydroxyl groups excluding tert-OH is 1. The number of unbranched alkanes of at least 4 members (excludes halogenated alkanes) is 48. The molecule has 17 nitrogen and oxygen atoms in total. The van der Waals surface area contributed by atoms with E-state index in [4.69, 9.17) is 37.0 Å². The number of allylic oxidation sites excluding steroid dienone is 4. The zero-order chi connectivity index (χ0) is 71.8. The van der Waals surface area contributed by atoms with Gasteiger partial charge in [0.25, 0.3) is 0 Å². The molecule has 0 fully saturated rings. The molecule has 0 rings (SSSR count). The SMILES string of the molecule is CCCCCCCC/C=C\CCCCCCCC(=O)OC[C@H](COP(=O)(O)OC[C@@H](O)COP(=O)(O)OC[C@@H](COC(=O)CCCCCCCCCCCCCCCCC)OC(=O)CCCCCCC/C=C\CCCCCCCC)OC(=O)CCCCCCCCCCCCCCC. The molecule has 5 atom stereocenters. The summed E-state index contributed by atoms with van der Waals surface area (Å²) in [6.45, 7) is 4.96. The molecule has 98 heavy (non-hydrogen) atoms. The van der Waals surface area contributed by atoms with E-state index >= 15 is 0 Å². The van der Waals surface area contributed by atoms with Gasteiger partial charge in [-0.1, -0.05) is 322 Å². The maximum absolute atomic E-state index is 13.1. The van der Waals surface area contributed by atoms with Crippen LogP contribution in [0.5, 0.6) is 0 Å². The molecule has 0 heterocycles. The molecule has 0 aromatic heterocycles. The van der Waals surface area contributed by atoms with Crippen LogP contribution in [-0.4, -0.2) is 96.7 Å². The monoisotopic (exact) mass is 1430 g/mol. The van der Waals surface area contributed by atoms with Crippen molar-refractivity contribution in [3.63, 3.8) is 0 Å². The molecular weight excluding hydrogens is 1280 g/mol. The van der Waals surface area contributed by atoms with Crippen LogP contribution in [0.3, 0.4) is 0 Å². The number of phosphoric acid groups is 2. The Morgan fingerprint density at radius 3 is 0.704 bits per heavy atom. The lowest BCUT2D eigenvalue weighted by Gasteiger charge is -2.21. The molecule has 0 saturated heterocycles. The highest BCUT2D eigenvalue weighted by Gasteiger charge is 2.30. The second-order valence-electron chi connectivity index (χ2n) is 27.7. The van der Waals surface area contributed by atoms with Gasteiger partial charge in [-0.25, -0.2) is 9.13 Å². The first-order valence-corrected chi connectivity index (χ1v) is 43.6. The van der Waals surface area contributed by atoms with Crippen molar-refractivity contribution in [2.75, 3.05) is 39.6 Å². The number of aliphatic hydroxyl groups is 1. The van der Waals surface area contributed by atoms with Crippen LogP contribution >= 0.6 is 15.6 Å². The largest absolute Gasteiger partial charge is 0.472 e. The summed E-state index contributed by atoms with van der Waals surface area (Å²) in [4.78, 5) is 73.0. The van der Waals surface area contributed by atoms with Crippen molar-refractivity contribution in [3.05, 3.63) is 24.3 Å². The van der Waals surface area contributed by atoms with Gasteiger partial charge in [-0.2, -0.15) is 0 Å². The molecule has 0 bridgehead atoms. The summed E-state index contributed by atoms with van der Waals surface area (Å²) in [6, 6.07) is 0. The average Bonchev–Trinajstić information content (AvgIpc) is 0.959. The molecule has 0 aliphatic rings. The lowest BCUT2D eigenvalue weighted by molar-refractivity contribution is -0.161. The van der Waals surface area contributed by atoms with Gasteiger partial charge in [0.15, 0.2) is 12.2 Å². The normalized spacial score (nSPS) is 14.0. The highest BCUT2D eigenvalue weighted by molar-refractivity contribution is 7.47. The molecule has 578 valence electrons. The van der Waals surface area contributed by atoms with E-state index in [1.165, 1.54) is 199 Å². The number of ether oxygens (including phenoxy) is 4. The summed E-state index contributed by atoms with van der Waals surface area (Å²) in [7, 11) is -9.93. The van der Waals surface area contributed by atoms with E-state index in [9.17, 15) is 43.2 Å². The molecule has 0 saturated carbocycles. The standard InChI is InChI=1S/C79H150O17P2/c1-5-9-13-17-21-25-29-33-36-40-43-47-51-55-59-63-76(81)89-69-74(95-78(83)65-61-57-53-49-45-39-32-28-24-20-16-12-8-4)71-93-97(85,86)91-67-73(80)68-92-98(87,88)94-72-75(96-79(84)66-62-58-54-50-46-42-38-35-31-27-23-19-15-11-7-3)70-90-77(82)64-60-56-52-48-44-41-37-34-30-26-22-18-14-10-6-2/h33,35-36,38,73-75,80H,5-32,34,37,39-72H2,1-4H3,(H,85,86)(H,87,88)/b36-33-,38-35-/t73-,74-,75-/m1/s1. The molecule has 0 spiro atoms. The summed E-state index contributed by atoms with van der Waals surface area (Å²) in [5.41, 5.74) is 0. The van der Waals surface area contributed by atoms with E-state index in [-0.39, 0.29) is 25.7 Å². The molecular formula is C79H150O17P2. The molecule has 0 aliphatic heterocycles. The van der Waals surface area contributed by atoms with Gasteiger partial charge in [-0.15, -0.1) is 0 Å². The smallest absolute Gasteiger partial charge is 0.462 e. The Bertz CT molecular complexity index is 1950. The molecule has 2 unspecified atom stereocenters. The number of carbonyl (C=O) groups is 4. The fraction of sp³-hybridized carbons (Fsp3) is 0.899. The van der Waals surface area contributed by atoms with Crippen molar-refractivity contribution >= 4 is 39.5 Å². The summed E-state index contributed by atoms with van der Waals surface area (Å²) in [6.07, 6.45) is 67.2. The second kappa shape index (κ2) is 72.9. The van der Waals surface area contributed by atoms with Crippen LogP contribution < -0.4 is 0 Å². The van der Waals surface area contributed by atoms with E-state index in [1.54, 1.807) is 0 Å². The summed E-state index contributed by atoms with van der Waals surface area (Å²) in [5, 5.41) is 10.6. The predicted molar refractivity (Wildman–Crippen MR) is 400 cm³/mol. The molecule has 19 heteroatoms. The lowest BCUT2D eigenvalue weighted by atomic mass is 10.0. The topological polar surface area (TPSA) is 237 Å². The second-order valence-corrected chi connectivity index (χ2v) is 30.6. The van der Waals surface area contributed by atoms with Gasteiger partial charge < -0.3 is 33.8 Å². The van der Waals surface area contributed by atoms with E-state index in [2.05, 4.69) is 52.0 Å². The summed E-state index contributed by atoms with van der Waals surface area (Å²) in [5.74, 6) is -2.14. The molecule has 0 aliphatic carbocycles. The number of phosphoric ester groups is 2. The average molecular weight is 1430 g/mol. The Labute approximate surface area is 599 Å². The van der Waals surface area contributed by atoms with Crippen molar-refractivity contribution in [1.29, 1.82) is 0 Å². The Balaban J connectivity index is 5.30. The van der Waals surface area contributed by atoms with Crippen molar-refractivity contribution in [3.8, 4) is 0 Å². The van der Waals surface area contributed by atoms with Crippen LogP contribution in [0.1, 0.15) is 400 Å². The van der Waals surface area contributed by atoms with Crippen molar-refractivity contribution in [2.24, 2.45) is 0 Å². The Kier molecular flexibility index (Phi) is 71.0. The number of hydrogen-bond acceptors (Lipinski definition) is 15. The Morgan fingerprint density at radius 1 is 0.276 bits per heavy atom. The highest BCUT2D eigenvalue weighted by Crippen LogP contribution is 2.45. The molecule has 3 N–H and O–H groups in total. The first kappa shape index (κ1) is 95.5. The van der Waals surface area contributed by atoms with Crippen molar-refractivity contribution in [1.82, 2.24) is 0 Å². The van der Waals surface area contributed by atoms with Crippen LogP contribution in [-0.2, 0) is 65.4 Å². The Morgan fingerprint density at radius 2 is 0.469 bits per heavy atom. The zero-order valence-electron chi connectivity index (χ0n) is 63.2. The fourth-order valence-electron chi connectivity index (χ4n) is 11.7. The number of hydrogen-bond donors (Lipinski definition) is 3. The Hall–Kier alpha value is -2.46. The summed E-state index contributed by atoms with van der Waals surface area (Å²) < 4.78 is 68.6. The maximum Gasteiger partial charge on any atom is 0.472 e. The number of rotatable bonds is 78. The van der Waals surface area contributed by atoms with Crippen LogP contribution in [0.25, 0.3) is 0 Å². The fourth-order valence-corrected chi connectivity index (χ4v) is 13.3. The van der Waals surface area contributed by atoms with Gasteiger partial charge in [0, 0.05) is 25.7 Å². The summed E-state index contributed by atoms with van der Waals surface area (Å²) >= 11 is 0. The molecule has 0 aromatic rings. The molecule has 0 radical (unpaired) electrons. The third-order valence-corrected chi connectivity index (χ3v) is 19.8. The van der Waals surface area contributed by atoms with Crippen LogP contribution in [0.2, 0.25) is 0 Å². The van der Waals surface area contributed by atoms with Crippen molar-refractivity contribution < 1.29 is 80.2 Å². The van der Waals surface area contributed by atoms with Gasteiger partial charge in [0.1, 0.15) is 19.3 Å². The van der Waals surface area contributed by atoms with Crippen LogP contribution in [0.4, 0.5) is 0 Å². The molecule has 0 amide bonds. The van der Waals surface area contributed by atoms with E-state index in [1.807, 2.05) is 0 Å². The zero-order valence-corrected chi connectivity index (χ0v) is 65.0. The number of esters is 4. The van der Waals surface area contributed by atoms with E-state index in [0.29, 0.717) is 25.7 Å². The highest BCUT2D eigenvalue weighted by atomic mass is 31.2. The quantitative estimate of drug-likeness (QED) is 0.0169. The van der Waals surface area contributed by atoms with E-state index < -0.39 is 97.5 Å². The first-order valence-electron chi connectivity index (χ1n) is 40.6. The minimum atomic E-state index is -4.96. The van der Waals surface area contributed by atoms with Gasteiger partial charge >= 0.3 is 39.5 Å². The third kappa shape index (κ3) is 71.9. The van der Waals surface area contributed by atoms with Crippen LogP contribution in [0, 0.1) is 0 Å². The van der Waals surface area contributed by atoms with Crippen LogP contribution in [0.15, 0.2) is 24.3 Å². The predicted octanol–water partition coefficient (Wildman–Crippen LogP) is 23.3. The minimum Gasteiger partial charge on any atom is -0.462 e. The van der Waals surface area contributed by atoms with Gasteiger partial charge in [-0.05, 0) is 77.0 Å². The minimum absolute atomic E-state index is 0.0940.